The fourth-order valence-electron chi connectivity index (χ4n) is 1.70. The Labute approximate surface area is 143 Å². The van der Waals surface area contributed by atoms with E-state index < -0.39 is 15.9 Å². The number of nitrogens with one attached hydrogen (secondary N) is 1. The maximum atomic E-state index is 12.1. The van der Waals surface area contributed by atoms with Crippen molar-refractivity contribution in [3.63, 3.8) is 0 Å². The fourth-order valence-corrected chi connectivity index (χ4v) is 2.56. The second-order valence-electron chi connectivity index (χ2n) is 6.42. The van der Waals surface area contributed by atoms with Crippen LogP contribution in [0.3, 0.4) is 0 Å². The molecular formula is C16H25N3O4S. The van der Waals surface area contributed by atoms with Crippen LogP contribution in [0.25, 0.3) is 0 Å². The lowest BCUT2D eigenvalue weighted by Crippen LogP contribution is -2.39. The number of carbonyl (C=O) groups excluding carboxylic acids is 1. The van der Waals surface area contributed by atoms with Gasteiger partial charge in [0.15, 0.2) is 0 Å². The quantitative estimate of drug-likeness (QED) is 0.624. The van der Waals surface area contributed by atoms with Crippen LogP contribution in [0.1, 0.15) is 27.7 Å². The average Bonchev–Trinajstić information content (AvgIpc) is 2.48. The summed E-state index contributed by atoms with van der Waals surface area (Å²) in [7, 11) is -2.23. The summed E-state index contributed by atoms with van der Waals surface area (Å²) >= 11 is 0. The molecule has 0 spiro atoms. The predicted molar refractivity (Wildman–Crippen MR) is 95.9 cm³/mol. The molecule has 0 fully saturated rings. The molecule has 1 amide bonds. The molecule has 0 radical (unpaired) electrons. The van der Waals surface area contributed by atoms with Crippen LogP contribution in [0, 0.1) is 5.41 Å². The van der Waals surface area contributed by atoms with Gasteiger partial charge in [-0.3, -0.25) is 9.10 Å². The largest absolute Gasteiger partial charge is 0.495 e. The number of hydrogen-bond donors (Lipinski definition) is 1. The summed E-state index contributed by atoms with van der Waals surface area (Å²) < 4.78 is 30.3. The first-order chi connectivity index (χ1) is 11.0. The molecule has 134 valence electrons. The Balaban J connectivity index is 3.03. The number of amides is 1. The third-order valence-corrected chi connectivity index (χ3v) is 4.60. The second kappa shape index (κ2) is 7.65. The smallest absolute Gasteiger partial charge is 0.260 e. The van der Waals surface area contributed by atoms with Crippen LogP contribution in [0.2, 0.25) is 0 Å². The Kier molecular flexibility index (Phi) is 6.36. The van der Waals surface area contributed by atoms with Crippen molar-refractivity contribution in [2.75, 3.05) is 24.2 Å². The molecule has 1 aromatic carbocycles. The van der Waals surface area contributed by atoms with Crippen LogP contribution in [0.5, 0.6) is 5.75 Å². The monoisotopic (exact) mass is 355 g/mol. The third-order valence-electron chi connectivity index (χ3n) is 3.48. The SMILES string of the molecule is COc1ccccc1N(CC(=O)NN=C(C)C(C)(C)C)S(C)(=O)=O. The molecule has 0 bridgehead atoms. The topological polar surface area (TPSA) is 88.1 Å². The summed E-state index contributed by atoms with van der Waals surface area (Å²) in [6, 6.07) is 6.61. The van der Waals surface area contributed by atoms with E-state index in [0.29, 0.717) is 11.4 Å². The van der Waals surface area contributed by atoms with Gasteiger partial charge in [0.2, 0.25) is 10.0 Å². The van der Waals surface area contributed by atoms with Crippen LogP contribution in [-0.4, -0.2) is 39.9 Å². The highest BCUT2D eigenvalue weighted by atomic mass is 32.2. The molecule has 0 saturated heterocycles. The molecule has 0 aromatic heterocycles. The van der Waals surface area contributed by atoms with E-state index in [1.807, 2.05) is 20.8 Å². The summed E-state index contributed by atoms with van der Waals surface area (Å²) in [5.74, 6) is -0.167. The maximum absolute atomic E-state index is 12.1. The minimum absolute atomic E-state index is 0.188. The lowest BCUT2D eigenvalue weighted by atomic mass is 9.91. The summed E-state index contributed by atoms with van der Waals surface area (Å²) in [6.07, 6.45) is 1.04. The lowest BCUT2D eigenvalue weighted by molar-refractivity contribution is -0.119. The number of para-hydroxylation sites is 2. The summed E-state index contributed by atoms with van der Waals surface area (Å²) in [5.41, 5.74) is 3.25. The first-order valence-electron chi connectivity index (χ1n) is 7.41. The van der Waals surface area contributed by atoms with Crippen molar-refractivity contribution >= 4 is 27.3 Å². The zero-order chi connectivity index (χ0) is 18.5. The molecule has 0 aliphatic rings. The van der Waals surface area contributed by atoms with Gasteiger partial charge in [-0.05, 0) is 19.1 Å². The van der Waals surface area contributed by atoms with Gasteiger partial charge in [0.25, 0.3) is 5.91 Å². The van der Waals surface area contributed by atoms with Crippen LogP contribution in [0.15, 0.2) is 29.4 Å². The number of hydrazone groups is 1. The molecule has 7 nitrogen and oxygen atoms in total. The number of benzene rings is 1. The van der Waals surface area contributed by atoms with Crippen molar-refractivity contribution in [2.24, 2.45) is 10.5 Å². The van der Waals surface area contributed by atoms with Crippen LogP contribution < -0.4 is 14.5 Å². The van der Waals surface area contributed by atoms with Crippen molar-refractivity contribution in [1.29, 1.82) is 0 Å². The Morgan fingerprint density at radius 1 is 1.29 bits per heavy atom. The van der Waals surface area contributed by atoms with Gasteiger partial charge in [0.1, 0.15) is 12.3 Å². The standard InChI is InChI=1S/C16H25N3O4S/c1-12(16(2,3)4)17-18-15(20)11-19(24(6,21)22)13-9-7-8-10-14(13)23-5/h7-10H,11H2,1-6H3,(H,18,20). The molecule has 0 heterocycles. The van der Waals surface area contributed by atoms with Gasteiger partial charge in [0, 0.05) is 11.1 Å². The second-order valence-corrected chi connectivity index (χ2v) is 8.33. The number of anilines is 1. The number of rotatable bonds is 6. The summed E-state index contributed by atoms with van der Waals surface area (Å²) in [5, 5.41) is 4.03. The van der Waals surface area contributed by atoms with Gasteiger partial charge in [-0.2, -0.15) is 5.10 Å². The molecule has 0 atom stereocenters. The minimum Gasteiger partial charge on any atom is -0.495 e. The number of carbonyl (C=O) groups is 1. The zero-order valence-electron chi connectivity index (χ0n) is 15.0. The number of sulfonamides is 1. The van der Waals surface area contributed by atoms with Gasteiger partial charge < -0.3 is 4.74 Å². The molecule has 0 aliphatic carbocycles. The molecule has 1 N–H and O–H groups in total. The number of ether oxygens (including phenoxy) is 1. The highest BCUT2D eigenvalue weighted by molar-refractivity contribution is 7.92. The normalized spacial score (nSPS) is 12.7. The van der Waals surface area contributed by atoms with E-state index in [4.69, 9.17) is 4.74 Å². The Morgan fingerprint density at radius 3 is 2.38 bits per heavy atom. The fraction of sp³-hybridized carbons (Fsp3) is 0.500. The Morgan fingerprint density at radius 2 is 1.88 bits per heavy atom. The molecule has 0 aliphatic heterocycles. The van der Waals surface area contributed by atoms with Gasteiger partial charge >= 0.3 is 0 Å². The van der Waals surface area contributed by atoms with Crippen molar-refractivity contribution in [1.82, 2.24) is 5.43 Å². The van der Waals surface area contributed by atoms with E-state index in [1.54, 1.807) is 31.2 Å². The highest BCUT2D eigenvalue weighted by Crippen LogP contribution is 2.29. The number of methoxy groups -OCH3 is 1. The third kappa shape index (κ3) is 5.52. The van der Waals surface area contributed by atoms with Crippen molar-refractivity contribution < 1.29 is 17.9 Å². The molecule has 0 unspecified atom stereocenters. The average molecular weight is 355 g/mol. The molecule has 8 heteroatoms. The Bertz CT molecular complexity index is 721. The van der Waals surface area contributed by atoms with E-state index in [1.165, 1.54) is 7.11 Å². The minimum atomic E-state index is -3.67. The van der Waals surface area contributed by atoms with E-state index in [9.17, 15) is 13.2 Å². The van der Waals surface area contributed by atoms with Crippen LogP contribution in [-0.2, 0) is 14.8 Å². The van der Waals surface area contributed by atoms with Gasteiger partial charge in [-0.1, -0.05) is 32.9 Å². The van der Waals surface area contributed by atoms with Gasteiger partial charge in [-0.15, -0.1) is 0 Å². The van der Waals surface area contributed by atoms with Crippen LogP contribution in [0.4, 0.5) is 5.69 Å². The maximum Gasteiger partial charge on any atom is 0.260 e. The van der Waals surface area contributed by atoms with Crippen LogP contribution >= 0.6 is 0 Å². The van der Waals surface area contributed by atoms with Crippen molar-refractivity contribution in [3.05, 3.63) is 24.3 Å². The van der Waals surface area contributed by atoms with E-state index >= 15 is 0 Å². The van der Waals surface area contributed by atoms with E-state index in [2.05, 4.69) is 10.5 Å². The first kappa shape index (κ1) is 20.0. The lowest BCUT2D eigenvalue weighted by Gasteiger charge is -2.23. The zero-order valence-corrected chi connectivity index (χ0v) is 15.8. The van der Waals surface area contributed by atoms with Gasteiger partial charge in [-0.25, -0.2) is 13.8 Å². The molecule has 1 aromatic rings. The molecular weight excluding hydrogens is 330 g/mol. The predicted octanol–water partition coefficient (Wildman–Crippen LogP) is 2.00. The molecule has 1 rings (SSSR count). The van der Waals surface area contributed by atoms with E-state index in [0.717, 1.165) is 16.3 Å². The highest BCUT2D eigenvalue weighted by Gasteiger charge is 2.24. The van der Waals surface area contributed by atoms with Crippen molar-refractivity contribution in [3.8, 4) is 5.75 Å². The van der Waals surface area contributed by atoms with E-state index in [-0.39, 0.29) is 12.0 Å². The summed E-state index contributed by atoms with van der Waals surface area (Å²) in [6.45, 7) is 7.32. The Hall–Kier alpha value is -2.09. The van der Waals surface area contributed by atoms with Gasteiger partial charge in [0.05, 0.1) is 19.1 Å². The molecule has 0 saturated carbocycles. The molecule has 24 heavy (non-hydrogen) atoms. The number of nitrogens with zero attached hydrogens (tertiary/aromatic N) is 2. The van der Waals surface area contributed by atoms with Crippen molar-refractivity contribution in [2.45, 2.75) is 27.7 Å². The summed E-state index contributed by atoms with van der Waals surface area (Å²) in [4.78, 5) is 12.1. The number of hydrogen-bond acceptors (Lipinski definition) is 5. The first-order valence-corrected chi connectivity index (χ1v) is 9.26.